The van der Waals surface area contributed by atoms with Crippen molar-refractivity contribution in [1.82, 2.24) is 13.7 Å². The van der Waals surface area contributed by atoms with Crippen LogP contribution in [0.4, 0.5) is 0 Å². The summed E-state index contributed by atoms with van der Waals surface area (Å²) < 4.78 is 7.45. The van der Waals surface area contributed by atoms with Crippen LogP contribution < -0.4 is 0 Å². The Kier molecular flexibility index (Phi) is 8.90. The van der Waals surface area contributed by atoms with E-state index in [1.807, 2.05) is 0 Å². The van der Waals surface area contributed by atoms with Crippen LogP contribution in [0.3, 0.4) is 0 Å². The summed E-state index contributed by atoms with van der Waals surface area (Å²) in [6, 6.07) is 95.4. The maximum atomic E-state index is 2.50. The zero-order valence-corrected chi connectivity index (χ0v) is 37.7. The topological polar surface area (TPSA) is 14.8 Å². The normalized spacial score (nSPS) is 11.8. The van der Waals surface area contributed by atoms with E-state index >= 15 is 0 Å². The molecule has 0 amide bonds. The molecule has 11 aromatic carbocycles. The molecule has 0 unspecified atom stereocenters. The van der Waals surface area contributed by atoms with E-state index in [0.717, 1.165) is 17.1 Å². The van der Waals surface area contributed by atoms with Gasteiger partial charge < -0.3 is 13.7 Å². The van der Waals surface area contributed by atoms with E-state index in [-0.39, 0.29) is 0 Å². The molecule has 14 aromatic rings. The first-order chi connectivity index (χ1) is 34.3. The van der Waals surface area contributed by atoms with Gasteiger partial charge in [-0.25, -0.2) is 0 Å². The number of nitrogens with zero attached hydrogens (tertiary/aromatic N) is 3. The largest absolute Gasteiger partial charge is 0.309 e. The van der Waals surface area contributed by atoms with E-state index in [9.17, 15) is 0 Å². The van der Waals surface area contributed by atoms with Gasteiger partial charge in [-0.1, -0.05) is 194 Å². The van der Waals surface area contributed by atoms with Crippen molar-refractivity contribution in [2.24, 2.45) is 0 Å². The van der Waals surface area contributed by atoms with Crippen molar-refractivity contribution in [1.29, 1.82) is 0 Å². The van der Waals surface area contributed by atoms with Crippen molar-refractivity contribution in [3.63, 3.8) is 0 Å². The smallest absolute Gasteiger partial charge is 0.0641 e. The standard InChI is InChI=1S/C66H43N3/c1-4-19-44(20-5-1)47-25-18-26-50(41-47)67-59-32-15-11-28-52(59)54-37-40-64-65(66(54)67)55-30-13-17-34-61(55)69(64)58-31-14-10-27-51(58)49-36-39-63-57(43-49)53-29-12-16-33-60(53)68(63)62-38-35-48(45-21-6-2-7-22-45)42-56(62)46-23-8-3-9-24-46/h1-43H. The Labute approximate surface area is 399 Å². The Bertz CT molecular complexity index is 4290. The molecule has 0 aliphatic rings. The molecule has 3 nitrogen and oxygen atoms in total. The molecule has 0 radical (unpaired) electrons. The van der Waals surface area contributed by atoms with Gasteiger partial charge in [0, 0.05) is 49.1 Å². The van der Waals surface area contributed by atoms with Gasteiger partial charge in [0.1, 0.15) is 0 Å². The van der Waals surface area contributed by atoms with Crippen molar-refractivity contribution in [3.05, 3.63) is 261 Å². The van der Waals surface area contributed by atoms with Crippen molar-refractivity contribution in [2.75, 3.05) is 0 Å². The van der Waals surface area contributed by atoms with E-state index in [4.69, 9.17) is 0 Å². The first kappa shape index (κ1) is 39.0. The molecule has 14 rings (SSSR count). The van der Waals surface area contributed by atoms with Gasteiger partial charge in [0.15, 0.2) is 0 Å². The number of rotatable bonds is 7. The zero-order chi connectivity index (χ0) is 45.4. The molecule has 0 spiro atoms. The number of hydrogen-bond acceptors (Lipinski definition) is 0. The molecule has 3 aromatic heterocycles. The number of para-hydroxylation sites is 4. The Hall–Kier alpha value is -9.18. The van der Waals surface area contributed by atoms with Crippen LogP contribution >= 0.6 is 0 Å². The minimum atomic E-state index is 1.14. The van der Waals surface area contributed by atoms with Gasteiger partial charge in [-0.05, 0) is 100 Å². The third-order valence-electron chi connectivity index (χ3n) is 14.2. The molecule has 0 fully saturated rings. The van der Waals surface area contributed by atoms with Gasteiger partial charge in [-0.3, -0.25) is 0 Å². The summed E-state index contributed by atoms with van der Waals surface area (Å²) >= 11 is 0. The fourth-order valence-electron chi connectivity index (χ4n) is 11.2. The average molecular weight is 878 g/mol. The van der Waals surface area contributed by atoms with Crippen molar-refractivity contribution >= 4 is 65.4 Å². The van der Waals surface area contributed by atoms with Gasteiger partial charge in [-0.15, -0.1) is 0 Å². The lowest BCUT2D eigenvalue weighted by molar-refractivity contribution is 1.17. The predicted molar refractivity (Wildman–Crippen MR) is 291 cm³/mol. The SMILES string of the molecule is c1ccc(-c2cccc(-n3c4ccccc4c4ccc5c(c6ccccc6n5-c5ccccc5-c5ccc6c(c5)c5ccccc5n6-c5ccc(-c6ccccc6)cc5-c5ccccc5)c43)c2)cc1. The van der Waals surface area contributed by atoms with E-state index in [0.29, 0.717) is 0 Å². The summed E-state index contributed by atoms with van der Waals surface area (Å²) in [4.78, 5) is 0. The van der Waals surface area contributed by atoms with Gasteiger partial charge >= 0.3 is 0 Å². The maximum Gasteiger partial charge on any atom is 0.0641 e. The minimum Gasteiger partial charge on any atom is -0.309 e. The molecule has 3 heterocycles. The van der Waals surface area contributed by atoms with E-state index in [2.05, 4.69) is 275 Å². The predicted octanol–water partition coefficient (Wildman–Crippen LogP) is 17.6. The van der Waals surface area contributed by atoms with Crippen LogP contribution in [0.15, 0.2) is 261 Å². The molecule has 0 N–H and O–H groups in total. The third kappa shape index (κ3) is 6.14. The highest BCUT2D eigenvalue weighted by molar-refractivity contribution is 6.26. The summed E-state index contributed by atoms with van der Waals surface area (Å²) in [7, 11) is 0. The molecule has 0 saturated carbocycles. The molecule has 0 bridgehead atoms. The Morgan fingerprint density at radius 1 is 0.217 bits per heavy atom. The fourth-order valence-corrected chi connectivity index (χ4v) is 11.2. The quantitative estimate of drug-likeness (QED) is 0.152. The number of aromatic nitrogens is 3. The van der Waals surface area contributed by atoms with Crippen LogP contribution in [0.5, 0.6) is 0 Å². The minimum absolute atomic E-state index is 1.14. The first-order valence-corrected chi connectivity index (χ1v) is 23.8. The number of benzene rings is 11. The van der Waals surface area contributed by atoms with Gasteiger partial charge in [0.05, 0.1) is 44.5 Å². The highest BCUT2D eigenvalue weighted by atomic mass is 15.0. The molecule has 69 heavy (non-hydrogen) atoms. The monoisotopic (exact) mass is 877 g/mol. The van der Waals surface area contributed by atoms with Crippen LogP contribution in [0.2, 0.25) is 0 Å². The molecular formula is C66H43N3. The van der Waals surface area contributed by atoms with Gasteiger partial charge in [0.25, 0.3) is 0 Å². The summed E-state index contributed by atoms with van der Waals surface area (Å²) in [5, 5.41) is 7.39. The molecule has 3 heteroatoms. The highest BCUT2D eigenvalue weighted by Crippen LogP contribution is 2.45. The van der Waals surface area contributed by atoms with Crippen LogP contribution in [0, 0.1) is 0 Å². The van der Waals surface area contributed by atoms with E-state index in [1.165, 1.54) is 110 Å². The van der Waals surface area contributed by atoms with Crippen LogP contribution in [-0.2, 0) is 0 Å². The second kappa shape index (κ2) is 15.7. The van der Waals surface area contributed by atoms with Crippen LogP contribution in [0.25, 0.3) is 127 Å². The maximum absolute atomic E-state index is 2.50. The van der Waals surface area contributed by atoms with E-state index < -0.39 is 0 Å². The highest BCUT2D eigenvalue weighted by Gasteiger charge is 2.23. The lowest BCUT2D eigenvalue weighted by atomic mass is 9.97. The van der Waals surface area contributed by atoms with Crippen LogP contribution in [-0.4, -0.2) is 13.7 Å². The summed E-state index contributed by atoms with van der Waals surface area (Å²) in [5.74, 6) is 0. The van der Waals surface area contributed by atoms with Crippen LogP contribution in [0.1, 0.15) is 0 Å². The zero-order valence-electron chi connectivity index (χ0n) is 37.7. The third-order valence-corrected chi connectivity index (χ3v) is 14.2. The molecule has 0 saturated heterocycles. The fraction of sp³-hybridized carbons (Fsp3) is 0. The molecule has 0 aliphatic heterocycles. The second-order valence-corrected chi connectivity index (χ2v) is 18.0. The Morgan fingerprint density at radius 2 is 0.710 bits per heavy atom. The molecule has 0 aliphatic carbocycles. The summed E-state index contributed by atoms with van der Waals surface area (Å²) in [5.41, 5.74) is 20.1. The van der Waals surface area contributed by atoms with E-state index in [1.54, 1.807) is 0 Å². The van der Waals surface area contributed by atoms with Crippen molar-refractivity contribution in [2.45, 2.75) is 0 Å². The lowest BCUT2D eigenvalue weighted by Crippen LogP contribution is -1.99. The first-order valence-electron chi connectivity index (χ1n) is 23.8. The Balaban J connectivity index is 0.984. The number of fused-ring (bicyclic) bond motifs is 10. The van der Waals surface area contributed by atoms with Crippen molar-refractivity contribution < 1.29 is 0 Å². The Morgan fingerprint density at radius 3 is 1.43 bits per heavy atom. The molecule has 322 valence electrons. The number of hydrogen-bond donors (Lipinski definition) is 0. The van der Waals surface area contributed by atoms with Crippen molar-refractivity contribution in [3.8, 4) is 61.6 Å². The second-order valence-electron chi connectivity index (χ2n) is 18.0. The summed E-state index contributed by atoms with van der Waals surface area (Å²) in [6.45, 7) is 0. The van der Waals surface area contributed by atoms with Gasteiger partial charge in [-0.2, -0.15) is 0 Å². The van der Waals surface area contributed by atoms with Gasteiger partial charge in [0.2, 0.25) is 0 Å². The molecular weight excluding hydrogens is 835 g/mol. The molecule has 0 atom stereocenters. The lowest BCUT2D eigenvalue weighted by Gasteiger charge is -2.17. The summed E-state index contributed by atoms with van der Waals surface area (Å²) in [6.07, 6.45) is 0. The average Bonchev–Trinajstić information content (AvgIpc) is 4.07.